The minimum Gasteiger partial charge on any atom is -0.302 e. The number of rotatable bonds is 5. The minimum atomic E-state index is -2.71. The van der Waals surface area contributed by atoms with Crippen LogP contribution in [0.2, 0.25) is 0 Å². The van der Waals surface area contributed by atoms with E-state index in [9.17, 15) is 8.42 Å². The summed E-state index contributed by atoms with van der Waals surface area (Å²) in [4.78, 5) is 2.49. The van der Waals surface area contributed by atoms with Crippen LogP contribution < -0.4 is 0 Å². The lowest BCUT2D eigenvalue weighted by Crippen LogP contribution is -2.50. The third-order valence-electron chi connectivity index (χ3n) is 6.28. The van der Waals surface area contributed by atoms with Gasteiger partial charge in [0.1, 0.15) is 0 Å². The third-order valence-corrected chi connectivity index (χ3v) is 8.38. The van der Waals surface area contributed by atoms with E-state index in [0.29, 0.717) is 17.4 Å². The minimum absolute atomic E-state index is 0.100. The van der Waals surface area contributed by atoms with Gasteiger partial charge in [0.05, 0.1) is 11.5 Å². The molecule has 0 aromatic heterocycles. The summed E-state index contributed by atoms with van der Waals surface area (Å²) >= 11 is 0. The van der Waals surface area contributed by atoms with E-state index in [-0.39, 0.29) is 5.41 Å². The van der Waals surface area contributed by atoms with E-state index in [1.807, 2.05) is 0 Å². The largest absolute Gasteiger partial charge is 0.302 e. The van der Waals surface area contributed by atoms with Crippen molar-refractivity contribution >= 4 is 9.84 Å². The van der Waals surface area contributed by atoms with E-state index in [0.717, 1.165) is 38.4 Å². The Labute approximate surface area is 146 Å². The molecule has 0 amide bonds. The van der Waals surface area contributed by atoms with Gasteiger partial charge >= 0.3 is 0 Å². The second-order valence-corrected chi connectivity index (χ2v) is 10.8. The molecule has 1 aromatic rings. The van der Waals surface area contributed by atoms with Gasteiger partial charge in [-0.3, -0.25) is 0 Å². The summed E-state index contributed by atoms with van der Waals surface area (Å²) < 4.78 is 23.0. The Morgan fingerprint density at radius 1 is 1.21 bits per heavy atom. The van der Waals surface area contributed by atoms with Gasteiger partial charge in [-0.15, -0.1) is 0 Å². The van der Waals surface area contributed by atoms with Crippen molar-refractivity contribution in [3.63, 3.8) is 0 Å². The molecule has 0 N–H and O–H groups in total. The van der Waals surface area contributed by atoms with Crippen LogP contribution in [0.4, 0.5) is 0 Å². The Kier molecular flexibility index (Phi) is 4.24. The first kappa shape index (κ1) is 16.6. The summed E-state index contributed by atoms with van der Waals surface area (Å²) in [7, 11) is -2.71. The van der Waals surface area contributed by atoms with Gasteiger partial charge < -0.3 is 4.90 Å². The normalized spacial score (nSPS) is 26.9. The first-order valence-corrected chi connectivity index (χ1v) is 11.3. The van der Waals surface area contributed by atoms with Gasteiger partial charge in [-0.05, 0) is 55.2 Å². The molecule has 3 aliphatic rings. The number of likely N-dealkylation sites (tertiary alicyclic amines) is 1. The van der Waals surface area contributed by atoms with Gasteiger partial charge in [0.25, 0.3) is 0 Å². The molecule has 4 heteroatoms. The van der Waals surface area contributed by atoms with Crippen LogP contribution in [0.5, 0.6) is 0 Å². The summed E-state index contributed by atoms with van der Waals surface area (Å²) in [6.45, 7) is 5.46. The van der Waals surface area contributed by atoms with Crippen LogP contribution in [0.1, 0.15) is 49.7 Å². The Balaban J connectivity index is 1.27. The fraction of sp³-hybridized carbons (Fsp3) is 0.700. The first-order valence-electron chi connectivity index (χ1n) is 9.45. The summed E-state index contributed by atoms with van der Waals surface area (Å²) in [6, 6.07) is 9.29. The van der Waals surface area contributed by atoms with Crippen LogP contribution in [-0.2, 0) is 16.3 Å². The van der Waals surface area contributed by atoms with Gasteiger partial charge in [-0.1, -0.05) is 37.6 Å². The second-order valence-electron chi connectivity index (χ2n) is 8.70. The quantitative estimate of drug-likeness (QED) is 0.820. The summed E-state index contributed by atoms with van der Waals surface area (Å²) in [5.74, 6) is 2.28. The van der Waals surface area contributed by atoms with Crippen molar-refractivity contribution in [3.8, 4) is 0 Å². The Hall–Kier alpha value is -0.870. The molecule has 1 atom stereocenters. The van der Waals surface area contributed by atoms with Crippen LogP contribution in [-0.4, -0.2) is 44.5 Å². The lowest BCUT2D eigenvalue weighted by molar-refractivity contribution is 0.249. The highest BCUT2D eigenvalue weighted by molar-refractivity contribution is 7.92. The van der Waals surface area contributed by atoms with Crippen LogP contribution in [0, 0.1) is 11.3 Å². The summed E-state index contributed by atoms with van der Waals surface area (Å²) in [6.07, 6.45) is 6.30. The van der Waals surface area contributed by atoms with Crippen molar-refractivity contribution in [2.75, 3.05) is 31.1 Å². The number of nitrogens with zero attached hydrogens (tertiary/aromatic N) is 1. The molecule has 2 aliphatic heterocycles. The Morgan fingerprint density at radius 3 is 2.50 bits per heavy atom. The monoisotopic (exact) mass is 347 g/mol. The SMILES string of the molecule is CC(Cc1ccc(C2CCC2)cc1)CN1CCC2(C1)CS(=O)(=O)C2. The van der Waals surface area contributed by atoms with E-state index in [1.54, 1.807) is 0 Å². The molecule has 0 bridgehead atoms. The average Bonchev–Trinajstić information content (AvgIpc) is 2.80. The smallest absolute Gasteiger partial charge is 0.151 e. The number of hydrogen-bond acceptors (Lipinski definition) is 3. The molecular weight excluding hydrogens is 318 g/mol. The highest BCUT2D eigenvalue weighted by atomic mass is 32.2. The highest BCUT2D eigenvalue weighted by Crippen LogP contribution is 2.41. The van der Waals surface area contributed by atoms with Gasteiger partial charge in [0, 0.05) is 18.5 Å². The van der Waals surface area contributed by atoms with Crippen molar-refractivity contribution in [1.29, 1.82) is 0 Å². The predicted molar refractivity (Wildman–Crippen MR) is 98.0 cm³/mol. The zero-order valence-corrected chi connectivity index (χ0v) is 15.5. The Bertz CT molecular complexity index is 679. The van der Waals surface area contributed by atoms with Crippen LogP contribution >= 0.6 is 0 Å². The third kappa shape index (κ3) is 3.41. The maximum absolute atomic E-state index is 11.5. The van der Waals surface area contributed by atoms with Gasteiger partial charge in [0.15, 0.2) is 9.84 Å². The summed E-state index contributed by atoms with van der Waals surface area (Å²) in [5, 5.41) is 0. The molecule has 24 heavy (non-hydrogen) atoms. The molecule has 2 heterocycles. The van der Waals surface area contributed by atoms with Crippen LogP contribution in [0.25, 0.3) is 0 Å². The first-order chi connectivity index (χ1) is 11.4. The number of hydrogen-bond donors (Lipinski definition) is 0. The van der Waals surface area contributed by atoms with E-state index in [4.69, 9.17) is 0 Å². The fourth-order valence-corrected chi connectivity index (χ4v) is 7.14. The molecule has 2 saturated heterocycles. The molecule has 0 radical (unpaired) electrons. The van der Waals surface area contributed by atoms with Crippen molar-refractivity contribution in [3.05, 3.63) is 35.4 Å². The maximum atomic E-state index is 11.5. The molecule has 132 valence electrons. The topological polar surface area (TPSA) is 37.4 Å². The fourth-order valence-electron chi connectivity index (χ4n) is 4.89. The lowest BCUT2D eigenvalue weighted by Gasteiger charge is -2.37. The lowest BCUT2D eigenvalue weighted by atomic mass is 9.80. The standard InChI is InChI=1S/C20H29NO2S/c1-16(11-17-5-7-19(8-6-17)18-3-2-4-18)12-21-10-9-20(13-21)14-24(22,23)15-20/h5-8,16,18H,2-4,9-15H2,1H3. The Morgan fingerprint density at radius 2 is 1.92 bits per heavy atom. The zero-order chi connectivity index (χ0) is 16.8. The molecule has 3 fully saturated rings. The number of benzene rings is 1. The molecule has 1 saturated carbocycles. The van der Waals surface area contributed by atoms with E-state index < -0.39 is 9.84 Å². The van der Waals surface area contributed by atoms with Crippen molar-refractivity contribution in [1.82, 2.24) is 4.90 Å². The average molecular weight is 348 g/mol. The maximum Gasteiger partial charge on any atom is 0.151 e. The zero-order valence-electron chi connectivity index (χ0n) is 14.7. The molecular formula is C20H29NO2S. The molecule has 1 aliphatic carbocycles. The van der Waals surface area contributed by atoms with Crippen LogP contribution in [0.15, 0.2) is 24.3 Å². The van der Waals surface area contributed by atoms with Crippen molar-refractivity contribution in [2.45, 2.75) is 44.9 Å². The molecule has 4 rings (SSSR count). The van der Waals surface area contributed by atoms with Gasteiger partial charge in [0.2, 0.25) is 0 Å². The molecule has 3 nitrogen and oxygen atoms in total. The van der Waals surface area contributed by atoms with E-state index >= 15 is 0 Å². The second kappa shape index (κ2) is 6.14. The van der Waals surface area contributed by atoms with Crippen LogP contribution in [0.3, 0.4) is 0 Å². The number of sulfone groups is 1. The molecule has 1 spiro atoms. The van der Waals surface area contributed by atoms with Crippen molar-refractivity contribution < 1.29 is 8.42 Å². The molecule has 1 unspecified atom stereocenters. The van der Waals surface area contributed by atoms with E-state index in [1.165, 1.54) is 30.4 Å². The predicted octanol–water partition coefficient (Wildman–Crippen LogP) is 3.25. The highest BCUT2D eigenvalue weighted by Gasteiger charge is 2.51. The molecule has 1 aromatic carbocycles. The summed E-state index contributed by atoms with van der Waals surface area (Å²) in [5.41, 5.74) is 3.05. The van der Waals surface area contributed by atoms with Gasteiger partial charge in [-0.25, -0.2) is 8.42 Å². The van der Waals surface area contributed by atoms with E-state index in [2.05, 4.69) is 36.1 Å². The van der Waals surface area contributed by atoms with Crippen molar-refractivity contribution in [2.24, 2.45) is 11.3 Å². The van der Waals surface area contributed by atoms with Gasteiger partial charge in [-0.2, -0.15) is 0 Å².